The van der Waals surface area contributed by atoms with Crippen molar-refractivity contribution in [3.63, 3.8) is 0 Å². The molecule has 0 saturated heterocycles. The van der Waals surface area contributed by atoms with E-state index in [9.17, 15) is 13.2 Å². The predicted octanol–water partition coefficient (Wildman–Crippen LogP) is -0.379. The van der Waals surface area contributed by atoms with Crippen molar-refractivity contribution in [2.75, 3.05) is 0 Å². The number of carbonyl (C=O) groups excluding carboxylic acids is 1. The molecule has 0 spiro atoms. The van der Waals surface area contributed by atoms with Crippen molar-refractivity contribution in [1.29, 1.82) is 0 Å². The van der Waals surface area contributed by atoms with Gasteiger partial charge in [0.2, 0.25) is 5.91 Å². The van der Waals surface area contributed by atoms with Crippen LogP contribution in [0, 0.1) is 0 Å². The molecule has 0 aliphatic heterocycles. The fourth-order valence-electron chi connectivity index (χ4n) is 1.09. The van der Waals surface area contributed by atoms with Crippen molar-refractivity contribution in [3.8, 4) is 0 Å². The second kappa shape index (κ2) is 4.41. The van der Waals surface area contributed by atoms with E-state index in [1.807, 2.05) is 0 Å². The molecule has 1 rings (SSSR count). The van der Waals surface area contributed by atoms with E-state index < -0.39 is 21.1 Å². The zero-order valence-electron chi connectivity index (χ0n) is 7.96. The topological polar surface area (TPSA) is 103 Å². The van der Waals surface area contributed by atoms with Gasteiger partial charge in [0.05, 0.1) is 11.3 Å². The summed E-state index contributed by atoms with van der Waals surface area (Å²) in [4.78, 5) is 10.7. The lowest BCUT2D eigenvalue weighted by Crippen LogP contribution is -2.35. The van der Waals surface area contributed by atoms with Crippen LogP contribution < -0.4 is 11.5 Å². The normalized spacial score (nSPS) is 13.4. The summed E-state index contributed by atoms with van der Waals surface area (Å²) in [6, 6.07) is 7.72. The molecule has 82 valence electrons. The molecule has 0 heterocycles. The minimum Gasteiger partial charge on any atom is -0.370 e. The molecular formula is C9H12N2O3S. The Morgan fingerprint density at radius 1 is 1.27 bits per heavy atom. The van der Waals surface area contributed by atoms with E-state index >= 15 is 0 Å². The van der Waals surface area contributed by atoms with Crippen LogP contribution in [0.25, 0.3) is 0 Å². The lowest BCUT2D eigenvalue weighted by Gasteiger charge is -2.10. The number of hydrogen-bond donors (Lipinski definition) is 2. The maximum atomic E-state index is 11.7. The lowest BCUT2D eigenvalue weighted by atomic mass is 10.4. The van der Waals surface area contributed by atoms with E-state index in [1.54, 1.807) is 18.2 Å². The third-order valence-corrected chi connectivity index (χ3v) is 3.77. The monoisotopic (exact) mass is 228 g/mol. The molecule has 0 radical (unpaired) electrons. The molecule has 1 atom stereocenters. The quantitative estimate of drug-likeness (QED) is 0.733. The summed E-state index contributed by atoms with van der Waals surface area (Å²) in [7, 11) is -3.66. The largest absolute Gasteiger partial charge is 0.370 e. The van der Waals surface area contributed by atoms with E-state index in [1.165, 1.54) is 12.1 Å². The van der Waals surface area contributed by atoms with E-state index in [0.29, 0.717) is 0 Å². The maximum absolute atomic E-state index is 11.7. The van der Waals surface area contributed by atoms with Gasteiger partial charge in [-0.15, -0.1) is 0 Å². The lowest BCUT2D eigenvalue weighted by molar-refractivity contribution is -0.118. The second-order valence-electron chi connectivity index (χ2n) is 3.07. The van der Waals surface area contributed by atoms with E-state index in [4.69, 9.17) is 11.5 Å². The van der Waals surface area contributed by atoms with Gasteiger partial charge >= 0.3 is 0 Å². The second-order valence-corrected chi connectivity index (χ2v) is 5.23. The van der Waals surface area contributed by atoms with Gasteiger partial charge in [-0.3, -0.25) is 4.79 Å². The highest BCUT2D eigenvalue weighted by atomic mass is 32.2. The molecule has 1 aromatic carbocycles. The first kappa shape index (κ1) is 11.7. The van der Waals surface area contributed by atoms with Crippen molar-refractivity contribution in [1.82, 2.24) is 0 Å². The molecular weight excluding hydrogens is 216 g/mol. The number of hydrogen-bond acceptors (Lipinski definition) is 4. The number of primary amides is 1. The van der Waals surface area contributed by atoms with Gasteiger partial charge in [0.25, 0.3) is 0 Å². The summed E-state index contributed by atoms with van der Waals surface area (Å²) in [5, 5.41) is -1.28. The average Bonchev–Trinajstić information content (AvgIpc) is 2.18. The van der Waals surface area contributed by atoms with Crippen LogP contribution in [0.2, 0.25) is 0 Å². The number of nitrogens with two attached hydrogens (primary N) is 2. The smallest absolute Gasteiger partial charge is 0.220 e. The minimum absolute atomic E-state index is 0.0961. The number of benzene rings is 1. The third kappa shape index (κ3) is 2.77. The van der Waals surface area contributed by atoms with Crippen LogP contribution in [0.3, 0.4) is 0 Å². The molecule has 0 aromatic heterocycles. The SMILES string of the molecule is NC(=O)CC(N)S(=O)(=O)c1ccccc1. The first-order valence-corrected chi connectivity index (χ1v) is 5.82. The Morgan fingerprint density at radius 2 is 1.80 bits per heavy atom. The summed E-state index contributed by atoms with van der Waals surface area (Å²) < 4.78 is 23.5. The molecule has 4 N–H and O–H groups in total. The Labute approximate surface area is 88.0 Å². The van der Waals surface area contributed by atoms with Crippen LogP contribution in [-0.4, -0.2) is 19.7 Å². The van der Waals surface area contributed by atoms with Crippen molar-refractivity contribution < 1.29 is 13.2 Å². The third-order valence-electron chi connectivity index (χ3n) is 1.87. The highest BCUT2D eigenvalue weighted by Crippen LogP contribution is 2.14. The van der Waals surface area contributed by atoms with Gasteiger partial charge in [-0.2, -0.15) is 0 Å². The molecule has 0 bridgehead atoms. The van der Waals surface area contributed by atoms with Gasteiger partial charge in [0.1, 0.15) is 5.37 Å². The maximum Gasteiger partial charge on any atom is 0.220 e. The molecule has 1 aromatic rings. The summed E-state index contributed by atoms with van der Waals surface area (Å²) in [5.41, 5.74) is 10.3. The summed E-state index contributed by atoms with van der Waals surface area (Å²) in [6.07, 6.45) is -0.378. The van der Waals surface area contributed by atoms with Crippen LogP contribution >= 0.6 is 0 Å². The molecule has 15 heavy (non-hydrogen) atoms. The highest BCUT2D eigenvalue weighted by Gasteiger charge is 2.24. The van der Waals surface area contributed by atoms with Gasteiger partial charge in [-0.1, -0.05) is 18.2 Å². The fourth-order valence-corrected chi connectivity index (χ4v) is 2.36. The molecule has 0 saturated carbocycles. The molecule has 0 fully saturated rings. The van der Waals surface area contributed by atoms with Crippen molar-refractivity contribution in [2.45, 2.75) is 16.7 Å². The van der Waals surface area contributed by atoms with Gasteiger partial charge in [0, 0.05) is 0 Å². The van der Waals surface area contributed by atoms with Crippen LogP contribution in [0.15, 0.2) is 35.2 Å². The first-order valence-electron chi connectivity index (χ1n) is 4.27. The molecule has 0 aliphatic rings. The molecule has 6 heteroatoms. The summed E-state index contributed by atoms with van der Waals surface area (Å²) in [5.74, 6) is -0.734. The van der Waals surface area contributed by atoms with Gasteiger partial charge in [-0.25, -0.2) is 8.42 Å². The van der Waals surface area contributed by atoms with Gasteiger partial charge in [0.15, 0.2) is 9.84 Å². The first-order chi connectivity index (χ1) is 6.94. The molecule has 5 nitrogen and oxygen atoms in total. The van der Waals surface area contributed by atoms with E-state index in [2.05, 4.69) is 0 Å². The standard InChI is InChI=1S/C9H12N2O3S/c10-8(12)6-9(11)15(13,14)7-4-2-1-3-5-7/h1-5,9H,6,11H2,(H2,10,12). The zero-order valence-corrected chi connectivity index (χ0v) is 8.78. The number of carbonyl (C=O) groups is 1. The minimum atomic E-state index is -3.66. The Kier molecular flexibility index (Phi) is 3.43. The Bertz CT molecular complexity index is 442. The van der Waals surface area contributed by atoms with Crippen LogP contribution in [0.5, 0.6) is 0 Å². The summed E-state index contributed by atoms with van der Waals surface area (Å²) >= 11 is 0. The number of rotatable bonds is 4. The van der Waals surface area contributed by atoms with E-state index in [0.717, 1.165) is 0 Å². The zero-order chi connectivity index (χ0) is 11.5. The average molecular weight is 228 g/mol. The Morgan fingerprint density at radius 3 is 2.27 bits per heavy atom. The van der Waals surface area contributed by atoms with Gasteiger partial charge < -0.3 is 11.5 Å². The molecule has 1 amide bonds. The number of sulfone groups is 1. The predicted molar refractivity (Wildman–Crippen MR) is 55.4 cm³/mol. The Balaban J connectivity index is 2.99. The van der Waals surface area contributed by atoms with Gasteiger partial charge in [-0.05, 0) is 12.1 Å². The summed E-state index contributed by atoms with van der Waals surface area (Å²) in [6.45, 7) is 0. The van der Waals surface area contributed by atoms with Crippen molar-refractivity contribution >= 4 is 15.7 Å². The van der Waals surface area contributed by atoms with Crippen molar-refractivity contribution in [2.24, 2.45) is 11.5 Å². The number of amides is 1. The Hall–Kier alpha value is -1.40. The molecule has 1 unspecified atom stereocenters. The van der Waals surface area contributed by atoms with Crippen LogP contribution in [0.4, 0.5) is 0 Å². The van der Waals surface area contributed by atoms with Crippen LogP contribution in [0.1, 0.15) is 6.42 Å². The fraction of sp³-hybridized carbons (Fsp3) is 0.222. The highest BCUT2D eigenvalue weighted by molar-refractivity contribution is 7.92. The van der Waals surface area contributed by atoms with E-state index in [-0.39, 0.29) is 11.3 Å². The van der Waals surface area contributed by atoms with Crippen LogP contribution in [-0.2, 0) is 14.6 Å². The molecule has 0 aliphatic carbocycles. The van der Waals surface area contributed by atoms with Crippen molar-refractivity contribution in [3.05, 3.63) is 30.3 Å².